The Bertz CT molecular complexity index is 693. The fourth-order valence-corrected chi connectivity index (χ4v) is 3.81. The van der Waals surface area contributed by atoms with Gasteiger partial charge in [-0.1, -0.05) is 12.1 Å². The second kappa shape index (κ2) is 10.8. The number of hydrogen-bond donors (Lipinski definition) is 1. The highest BCUT2D eigenvalue weighted by atomic mass is 16.5. The summed E-state index contributed by atoms with van der Waals surface area (Å²) in [7, 11) is 1.60. The average Bonchev–Trinajstić information content (AvgIpc) is 2.74. The van der Waals surface area contributed by atoms with Crippen molar-refractivity contribution >= 4 is 17.7 Å². The minimum atomic E-state index is -0.388. The highest BCUT2D eigenvalue weighted by Gasteiger charge is 2.30. The Morgan fingerprint density at radius 3 is 2.21 bits per heavy atom. The molecule has 1 aliphatic heterocycles. The largest absolute Gasteiger partial charge is 0.497 e. The smallest absolute Gasteiger partial charge is 0.225 e. The predicted molar refractivity (Wildman–Crippen MR) is 111 cm³/mol. The maximum absolute atomic E-state index is 12.9. The Hall–Kier alpha value is -2.57. The molecule has 7 nitrogen and oxygen atoms in total. The second-order valence-electron chi connectivity index (χ2n) is 7.40. The van der Waals surface area contributed by atoms with Crippen molar-refractivity contribution in [1.29, 1.82) is 0 Å². The van der Waals surface area contributed by atoms with Gasteiger partial charge < -0.3 is 19.9 Å². The van der Waals surface area contributed by atoms with E-state index in [-0.39, 0.29) is 36.1 Å². The Kier molecular flexibility index (Phi) is 8.49. The maximum atomic E-state index is 12.9. The van der Waals surface area contributed by atoms with Crippen LogP contribution < -0.4 is 10.1 Å². The number of carbonyl (C=O) groups excluding carboxylic acids is 3. The first-order valence-electron chi connectivity index (χ1n) is 10.4. The third kappa shape index (κ3) is 6.21. The number of rotatable bonds is 8. The van der Waals surface area contributed by atoms with Gasteiger partial charge in [-0.2, -0.15) is 0 Å². The lowest BCUT2D eigenvalue weighted by Crippen LogP contribution is -2.45. The van der Waals surface area contributed by atoms with Crippen LogP contribution in [-0.2, 0) is 14.4 Å². The van der Waals surface area contributed by atoms with Crippen LogP contribution in [0.1, 0.15) is 51.6 Å². The van der Waals surface area contributed by atoms with E-state index in [2.05, 4.69) is 5.32 Å². The van der Waals surface area contributed by atoms with E-state index < -0.39 is 0 Å². The predicted octanol–water partition coefficient (Wildman–Crippen LogP) is 2.37. The quantitative estimate of drug-likeness (QED) is 0.723. The first-order valence-corrected chi connectivity index (χ1v) is 10.4. The molecule has 0 aliphatic carbocycles. The van der Waals surface area contributed by atoms with Crippen LogP contribution in [0.15, 0.2) is 24.3 Å². The molecule has 1 aromatic carbocycles. The maximum Gasteiger partial charge on any atom is 0.225 e. The van der Waals surface area contributed by atoms with Gasteiger partial charge in [0.2, 0.25) is 17.7 Å². The molecular formula is C22H33N3O4. The molecule has 0 bridgehead atoms. The molecule has 0 aromatic heterocycles. The Morgan fingerprint density at radius 2 is 1.72 bits per heavy atom. The van der Waals surface area contributed by atoms with Gasteiger partial charge in [-0.15, -0.1) is 0 Å². The molecule has 1 unspecified atom stereocenters. The van der Waals surface area contributed by atoms with Crippen LogP contribution in [0.5, 0.6) is 5.75 Å². The number of methoxy groups -OCH3 is 1. The van der Waals surface area contributed by atoms with Crippen molar-refractivity contribution in [2.75, 3.05) is 33.3 Å². The van der Waals surface area contributed by atoms with Crippen LogP contribution >= 0.6 is 0 Å². The summed E-state index contributed by atoms with van der Waals surface area (Å²) in [6.07, 6.45) is 1.57. The van der Waals surface area contributed by atoms with E-state index in [0.717, 1.165) is 11.3 Å². The van der Waals surface area contributed by atoms with Crippen molar-refractivity contribution in [3.63, 3.8) is 0 Å². The second-order valence-corrected chi connectivity index (χ2v) is 7.40. The number of likely N-dealkylation sites (tertiary alicyclic amines) is 1. The third-order valence-corrected chi connectivity index (χ3v) is 5.55. The molecule has 29 heavy (non-hydrogen) atoms. The van der Waals surface area contributed by atoms with E-state index in [1.54, 1.807) is 7.11 Å². The van der Waals surface area contributed by atoms with Crippen molar-refractivity contribution in [3.8, 4) is 5.75 Å². The molecule has 2 rings (SSSR count). The van der Waals surface area contributed by atoms with E-state index >= 15 is 0 Å². The fourth-order valence-electron chi connectivity index (χ4n) is 3.81. The monoisotopic (exact) mass is 403 g/mol. The molecule has 1 N–H and O–H groups in total. The SMILES string of the molecule is CCN(CC)C(=O)C1CCN(C(=O)CC(NC(C)=O)c2ccc(OC)cc2)CC1. The molecule has 1 aliphatic rings. The standard InChI is InChI=1S/C22H33N3O4/c1-5-24(6-2)22(28)18-11-13-25(14-12-18)21(27)15-20(23-16(3)26)17-7-9-19(29-4)10-8-17/h7-10,18,20H,5-6,11-15H2,1-4H3,(H,23,26). The highest BCUT2D eigenvalue weighted by molar-refractivity contribution is 5.81. The molecule has 1 heterocycles. The van der Waals surface area contributed by atoms with E-state index in [1.165, 1.54) is 6.92 Å². The van der Waals surface area contributed by atoms with Crippen molar-refractivity contribution in [3.05, 3.63) is 29.8 Å². The Labute approximate surface area is 173 Å². The number of benzene rings is 1. The summed E-state index contributed by atoms with van der Waals surface area (Å²) in [6, 6.07) is 6.97. The van der Waals surface area contributed by atoms with Gasteiger partial charge in [0.15, 0.2) is 0 Å². The van der Waals surface area contributed by atoms with Gasteiger partial charge in [0.1, 0.15) is 5.75 Å². The number of nitrogens with zero attached hydrogens (tertiary/aromatic N) is 2. The molecule has 1 fully saturated rings. The Balaban J connectivity index is 1.97. The van der Waals surface area contributed by atoms with Crippen LogP contribution in [-0.4, -0.2) is 60.8 Å². The van der Waals surface area contributed by atoms with Crippen molar-refractivity contribution in [1.82, 2.24) is 15.1 Å². The van der Waals surface area contributed by atoms with Gasteiger partial charge in [-0.3, -0.25) is 14.4 Å². The molecule has 0 radical (unpaired) electrons. The first-order chi connectivity index (χ1) is 13.9. The fraction of sp³-hybridized carbons (Fsp3) is 0.591. The zero-order valence-electron chi connectivity index (χ0n) is 17.9. The van der Waals surface area contributed by atoms with Gasteiger partial charge in [0.05, 0.1) is 19.6 Å². The molecule has 3 amide bonds. The summed E-state index contributed by atoms with van der Waals surface area (Å²) >= 11 is 0. The molecule has 1 atom stereocenters. The molecular weight excluding hydrogens is 370 g/mol. The van der Waals surface area contributed by atoms with E-state index in [4.69, 9.17) is 4.74 Å². The van der Waals surface area contributed by atoms with Gasteiger partial charge in [0.25, 0.3) is 0 Å². The van der Waals surface area contributed by atoms with Gasteiger partial charge in [0, 0.05) is 39.0 Å². The number of amides is 3. The summed E-state index contributed by atoms with van der Waals surface area (Å²) in [5, 5.41) is 2.87. The third-order valence-electron chi connectivity index (χ3n) is 5.55. The average molecular weight is 404 g/mol. The number of hydrogen-bond acceptors (Lipinski definition) is 4. The highest BCUT2D eigenvalue weighted by Crippen LogP contribution is 2.24. The lowest BCUT2D eigenvalue weighted by atomic mass is 9.94. The first kappa shape index (κ1) is 22.7. The molecule has 1 saturated heterocycles. The molecule has 0 saturated carbocycles. The van der Waals surface area contributed by atoms with E-state index in [1.807, 2.05) is 47.9 Å². The van der Waals surface area contributed by atoms with Gasteiger partial charge in [-0.05, 0) is 44.4 Å². The summed E-state index contributed by atoms with van der Waals surface area (Å²) in [5.41, 5.74) is 0.862. The van der Waals surface area contributed by atoms with Crippen LogP contribution in [0.3, 0.4) is 0 Å². The lowest BCUT2D eigenvalue weighted by Gasteiger charge is -2.34. The van der Waals surface area contributed by atoms with Crippen molar-refractivity contribution < 1.29 is 19.1 Å². The zero-order chi connectivity index (χ0) is 21.4. The number of ether oxygens (including phenoxy) is 1. The minimum Gasteiger partial charge on any atom is -0.497 e. The van der Waals surface area contributed by atoms with Gasteiger partial charge >= 0.3 is 0 Å². The number of carbonyl (C=O) groups is 3. The van der Waals surface area contributed by atoms with Crippen LogP contribution in [0.4, 0.5) is 0 Å². The summed E-state index contributed by atoms with van der Waals surface area (Å²) in [6.45, 7) is 8.01. The van der Waals surface area contributed by atoms with E-state index in [0.29, 0.717) is 39.0 Å². The minimum absolute atomic E-state index is 0.00620. The van der Waals surface area contributed by atoms with Crippen molar-refractivity contribution in [2.24, 2.45) is 5.92 Å². The normalized spacial score (nSPS) is 15.5. The van der Waals surface area contributed by atoms with Gasteiger partial charge in [-0.25, -0.2) is 0 Å². The summed E-state index contributed by atoms with van der Waals surface area (Å²) < 4.78 is 5.18. The van der Waals surface area contributed by atoms with Crippen LogP contribution in [0, 0.1) is 5.92 Å². The lowest BCUT2D eigenvalue weighted by molar-refractivity contribution is -0.140. The number of piperidine rings is 1. The summed E-state index contributed by atoms with van der Waals surface area (Å²) in [4.78, 5) is 40.7. The molecule has 0 spiro atoms. The zero-order valence-corrected chi connectivity index (χ0v) is 17.9. The topological polar surface area (TPSA) is 79.0 Å². The molecule has 7 heteroatoms. The Morgan fingerprint density at radius 1 is 1.14 bits per heavy atom. The van der Waals surface area contributed by atoms with Crippen molar-refractivity contribution in [2.45, 2.75) is 46.1 Å². The van der Waals surface area contributed by atoms with Crippen LogP contribution in [0.25, 0.3) is 0 Å². The molecule has 160 valence electrons. The van der Waals surface area contributed by atoms with Crippen LogP contribution in [0.2, 0.25) is 0 Å². The molecule has 1 aromatic rings. The van der Waals surface area contributed by atoms with E-state index in [9.17, 15) is 14.4 Å². The number of nitrogens with one attached hydrogen (secondary N) is 1. The summed E-state index contributed by atoms with van der Waals surface area (Å²) in [5.74, 6) is 0.722.